The van der Waals surface area contributed by atoms with Gasteiger partial charge in [0.05, 0.1) is 11.4 Å². The fourth-order valence-electron chi connectivity index (χ4n) is 4.53. The summed E-state index contributed by atoms with van der Waals surface area (Å²) in [4.78, 5) is 5.01. The van der Waals surface area contributed by atoms with Gasteiger partial charge in [0, 0.05) is 40.9 Å². The summed E-state index contributed by atoms with van der Waals surface area (Å²) in [5.41, 5.74) is 16.5. The summed E-state index contributed by atoms with van der Waals surface area (Å²) in [5, 5.41) is 16.8. The van der Waals surface area contributed by atoms with Crippen LogP contribution in [0.2, 0.25) is 5.02 Å². The van der Waals surface area contributed by atoms with E-state index in [9.17, 15) is 0 Å². The second-order valence-electron chi connectivity index (χ2n) is 9.60. The Balaban J connectivity index is 1.76. The lowest BCUT2D eigenvalue weighted by Crippen LogP contribution is -2.34. The molecule has 178 valence electrons. The van der Waals surface area contributed by atoms with Crippen molar-refractivity contribution in [3.05, 3.63) is 34.5 Å². The Kier molecular flexibility index (Phi) is 6.95. The van der Waals surface area contributed by atoms with Gasteiger partial charge in [0.1, 0.15) is 0 Å². The van der Waals surface area contributed by atoms with Gasteiger partial charge in [0.25, 0.3) is 0 Å². The molecule has 2 aliphatic heterocycles. The van der Waals surface area contributed by atoms with E-state index < -0.39 is 0 Å². The molecule has 1 fully saturated rings. The zero-order valence-corrected chi connectivity index (χ0v) is 20.7. The zero-order chi connectivity index (χ0) is 23.7. The fraction of sp³-hybridized carbons (Fsp3) is 0.542. The van der Waals surface area contributed by atoms with Crippen LogP contribution in [0, 0.1) is 0 Å². The molecule has 8 nitrogen and oxygen atoms in total. The number of hydrogen-bond donors (Lipinski definition) is 4. The molecule has 6 N–H and O–H groups in total. The summed E-state index contributed by atoms with van der Waals surface area (Å²) in [5.74, 6) is 1.73. The average Bonchev–Trinajstić information content (AvgIpc) is 3.20. The predicted molar refractivity (Wildman–Crippen MR) is 136 cm³/mol. The van der Waals surface area contributed by atoms with Crippen molar-refractivity contribution in [1.82, 2.24) is 19.7 Å². The minimum Gasteiger partial charge on any atom is -0.398 e. The van der Waals surface area contributed by atoms with Gasteiger partial charge in [-0.25, -0.2) is 0 Å². The van der Waals surface area contributed by atoms with Crippen LogP contribution in [0.1, 0.15) is 76.6 Å². The molecule has 3 aliphatic rings. The van der Waals surface area contributed by atoms with Crippen LogP contribution >= 0.6 is 11.6 Å². The standard InChI is InChI=1S/C24H35ClN8/c1-13(2)20-22-21(32-31-20)23(28-12-17-18(25)6-5-7-19(17)27)30-24(33(22)14(3)4)29-16-10-8-15(26)9-11-16/h5-7,13-16,28H,8-12,26-27H2,1-4H3,(H,29,30). The van der Waals surface area contributed by atoms with Crippen LogP contribution < -0.4 is 22.1 Å². The lowest BCUT2D eigenvalue weighted by molar-refractivity contribution is 0.407. The van der Waals surface area contributed by atoms with Gasteiger partial charge in [-0.3, -0.25) is 0 Å². The highest BCUT2D eigenvalue weighted by atomic mass is 35.5. The number of fused-ring (bicyclic) bond motifs is 1. The third kappa shape index (κ3) is 4.87. The first-order valence-electron chi connectivity index (χ1n) is 11.8. The Morgan fingerprint density at radius 1 is 1.12 bits per heavy atom. The number of aromatic nitrogens is 4. The van der Waals surface area contributed by atoms with Crippen molar-refractivity contribution in [2.24, 2.45) is 5.73 Å². The Hall–Kier alpha value is -2.58. The number of anilines is 3. The quantitative estimate of drug-likeness (QED) is 0.358. The van der Waals surface area contributed by atoms with E-state index in [0.717, 1.165) is 54.3 Å². The molecule has 1 saturated carbocycles. The van der Waals surface area contributed by atoms with Gasteiger partial charge in [0.15, 0.2) is 11.5 Å². The molecule has 2 heterocycles. The maximum absolute atomic E-state index is 6.40. The maximum Gasteiger partial charge on any atom is 0.205 e. The molecule has 0 radical (unpaired) electrons. The molecule has 1 aromatic rings. The molecular weight excluding hydrogens is 436 g/mol. The van der Waals surface area contributed by atoms with Crippen LogP contribution in [0.3, 0.4) is 0 Å². The number of nitrogens with one attached hydrogen (secondary N) is 2. The van der Waals surface area contributed by atoms with Crippen LogP contribution in [0.15, 0.2) is 18.2 Å². The molecule has 0 bridgehead atoms. The van der Waals surface area contributed by atoms with Gasteiger partial charge in [-0.1, -0.05) is 31.5 Å². The van der Waals surface area contributed by atoms with Gasteiger partial charge < -0.3 is 26.7 Å². The molecule has 0 saturated heterocycles. The Morgan fingerprint density at radius 3 is 2.48 bits per heavy atom. The second-order valence-corrected chi connectivity index (χ2v) is 10.0. The first-order valence-corrected chi connectivity index (χ1v) is 12.2. The van der Waals surface area contributed by atoms with Crippen LogP contribution in [-0.2, 0) is 6.54 Å². The zero-order valence-electron chi connectivity index (χ0n) is 19.9. The van der Waals surface area contributed by atoms with Gasteiger partial charge in [-0.05, 0) is 57.6 Å². The van der Waals surface area contributed by atoms with Gasteiger partial charge in [-0.15, -0.1) is 5.10 Å². The van der Waals surface area contributed by atoms with Gasteiger partial charge >= 0.3 is 0 Å². The van der Waals surface area contributed by atoms with Crippen molar-refractivity contribution in [3.63, 3.8) is 0 Å². The summed E-state index contributed by atoms with van der Waals surface area (Å²) >= 11 is 6.40. The van der Waals surface area contributed by atoms with Crippen LogP contribution in [-0.4, -0.2) is 31.8 Å². The third-order valence-corrected chi connectivity index (χ3v) is 6.75. The topological polar surface area (TPSA) is 120 Å². The molecule has 0 atom stereocenters. The number of nitrogens with zero attached hydrogens (tertiary/aromatic N) is 4. The number of nitrogen functional groups attached to an aromatic ring is 1. The number of halogens is 1. The Labute approximate surface area is 200 Å². The molecule has 1 aromatic carbocycles. The lowest BCUT2D eigenvalue weighted by Gasteiger charge is -2.30. The Morgan fingerprint density at radius 2 is 1.85 bits per heavy atom. The molecule has 33 heavy (non-hydrogen) atoms. The summed E-state index contributed by atoms with van der Waals surface area (Å²) in [6.45, 7) is 9.06. The van der Waals surface area contributed by atoms with Crippen molar-refractivity contribution in [2.45, 2.75) is 84.0 Å². The van der Waals surface area contributed by atoms with Crippen molar-refractivity contribution in [3.8, 4) is 11.4 Å². The minimum absolute atomic E-state index is 0.185. The van der Waals surface area contributed by atoms with E-state index in [-0.39, 0.29) is 12.0 Å². The number of nitrogens with two attached hydrogens (primary N) is 2. The van der Waals surface area contributed by atoms with E-state index in [4.69, 9.17) is 28.1 Å². The predicted octanol–water partition coefficient (Wildman–Crippen LogP) is 5.01. The highest BCUT2D eigenvalue weighted by molar-refractivity contribution is 6.31. The first kappa shape index (κ1) is 23.6. The number of benzene rings is 1. The van der Waals surface area contributed by atoms with E-state index in [1.165, 1.54) is 0 Å². The van der Waals surface area contributed by atoms with Crippen LogP contribution in [0.4, 0.5) is 17.5 Å². The smallest absolute Gasteiger partial charge is 0.205 e. The molecule has 0 spiro atoms. The molecular formula is C24H35ClN8. The minimum atomic E-state index is 0.185. The van der Waals surface area contributed by atoms with E-state index in [1.54, 1.807) is 0 Å². The highest BCUT2D eigenvalue weighted by Gasteiger charge is 2.29. The average molecular weight is 471 g/mol. The number of hydrogen-bond acceptors (Lipinski definition) is 7. The molecule has 0 aromatic heterocycles. The SMILES string of the molecule is CC(C)c1nnc2c(NCc3c(N)cccc3Cl)nc(NC3CCC(N)CC3)n(C(C)C)c1-2. The van der Waals surface area contributed by atoms with E-state index >= 15 is 0 Å². The van der Waals surface area contributed by atoms with E-state index in [1.807, 2.05) is 18.2 Å². The summed E-state index contributed by atoms with van der Waals surface area (Å²) in [6, 6.07) is 6.36. The Bertz CT molecular complexity index is 1050. The molecule has 1 aliphatic carbocycles. The van der Waals surface area contributed by atoms with Crippen LogP contribution in [0.25, 0.3) is 11.4 Å². The van der Waals surface area contributed by atoms with Crippen molar-refractivity contribution >= 4 is 29.1 Å². The summed E-state index contributed by atoms with van der Waals surface area (Å²) in [6.07, 6.45) is 4.11. The normalized spacial score (nSPS) is 18.9. The first-order chi connectivity index (χ1) is 15.8. The summed E-state index contributed by atoms with van der Waals surface area (Å²) in [7, 11) is 0. The molecule has 4 rings (SSSR count). The summed E-state index contributed by atoms with van der Waals surface area (Å²) < 4.78 is 2.23. The molecule has 0 unspecified atom stereocenters. The largest absolute Gasteiger partial charge is 0.398 e. The molecule has 9 heteroatoms. The van der Waals surface area contributed by atoms with Crippen molar-refractivity contribution in [1.29, 1.82) is 0 Å². The molecule has 0 amide bonds. The second kappa shape index (κ2) is 9.73. The van der Waals surface area contributed by atoms with Gasteiger partial charge in [-0.2, -0.15) is 10.1 Å². The number of rotatable bonds is 7. The lowest BCUT2D eigenvalue weighted by atomic mass is 9.92. The maximum atomic E-state index is 6.40. The van der Waals surface area contributed by atoms with Crippen molar-refractivity contribution < 1.29 is 0 Å². The van der Waals surface area contributed by atoms with Crippen molar-refractivity contribution in [2.75, 3.05) is 16.4 Å². The highest BCUT2D eigenvalue weighted by Crippen LogP contribution is 2.38. The fourth-order valence-corrected chi connectivity index (χ4v) is 4.78. The van der Waals surface area contributed by atoms with E-state index in [2.05, 4.69) is 53.1 Å². The van der Waals surface area contributed by atoms with Gasteiger partial charge in [0.2, 0.25) is 5.95 Å². The third-order valence-electron chi connectivity index (χ3n) is 6.39. The monoisotopic (exact) mass is 470 g/mol. The van der Waals surface area contributed by atoms with Crippen LogP contribution in [0.5, 0.6) is 0 Å². The van der Waals surface area contributed by atoms with E-state index in [0.29, 0.717) is 35.2 Å².